The van der Waals surface area contributed by atoms with Crippen molar-refractivity contribution in [3.63, 3.8) is 0 Å². The van der Waals surface area contributed by atoms with Crippen LogP contribution in [0.3, 0.4) is 0 Å². The van der Waals surface area contributed by atoms with Gasteiger partial charge in [0.05, 0.1) is 6.54 Å². The minimum absolute atomic E-state index is 0.0321. The van der Waals surface area contributed by atoms with E-state index in [1.807, 2.05) is 13.8 Å². The molecule has 0 saturated carbocycles. The summed E-state index contributed by atoms with van der Waals surface area (Å²) in [6, 6.07) is -0.194. The minimum atomic E-state index is -0.194. The number of nitrogens with zero attached hydrogens (tertiary/aromatic N) is 2. The topological polar surface area (TPSA) is 90.9 Å². The first-order valence-corrected chi connectivity index (χ1v) is 4.64. The molecule has 0 aliphatic heterocycles. The summed E-state index contributed by atoms with van der Waals surface area (Å²) in [7, 11) is 0. The van der Waals surface area contributed by atoms with Crippen molar-refractivity contribution in [1.29, 1.82) is 0 Å². The molecular weight excluding hydrogens is 184 g/mol. The maximum atomic E-state index is 11.4. The molecule has 0 heterocycles. The van der Waals surface area contributed by atoms with Crippen LogP contribution in [0.4, 0.5) is 4.79 Å². The largest absolute Gasteiger partial charge is 0.409 e. The van der Waals surface area contributed by atoms with E-state index in [0.717, 1.165) is 6.42 Å². The predicted molar refractivity (Wildman–Crippen MR) is 54.3 cm³/mol. The van der Waals surface area contributed by atoms with Gasteiger partial charge in [0.15, 0.2) is 5.84 Å². The summed E-state index contributed by atoms with van der Waals surface area (Å²) >= 11 is 0. The van der Waals surface area contributed by atoms with Gasteiger partial charge in [-0.05, 0) is 13.3 Å². The smallest absolute Gasteiger partial charge is 0.317 e. The average molecular weight is 202 g/mol. The van der Waals surface area contributed by atoms with Crippen molar-refractivity contribution < 1.29 is 10.0 Å². The summed E-state index contributed by atoms with van der Waals surface area (Å²) in [6.07, 6.45) is 0.829. The minimum Gasteiger partial charge on any atom is -0.409 e. The standard InChI is InChI=1S/C8H18N4O2/c1-3-5-12(6-7(9)11-14)8(13)10-4-2/h14H,3-6H2,1-2H3,(H2,9,11)(H,10,13). The number of carbonyl (C=O) groups is 1. The molecule has 2 amide bonds. The van der Waals surface area contributed by atoms with Crippen molar-refractivity contribution in [2.75, 3.05) is 19.6 Å². The van der Waals surface area contributed by atoms with Gasteiger partial charge in [0, 0.05) is 13.1 Å². The first-order valence-electron chi connectivity index (χ1n) is 4.64. The number of hydrogen-bond donors (Lipinski definition) is 3. The Morgan fingerprint density at radius 3 is 2.64 bits per heavy atom. The number of amidine groups is 1. The SMILES string of the molecule is CCCN(CC(N)=NO)C(=O)NCC. The van der Waals surface area contributed by atoms with E-state index in [-0.39, 0.29) is 18.4 Å². The zero-order valence-electron chi connectivity index (χ0n) is 8.66. The molecular formula is C8H18N4O2. The molecule has 0 aromatic heterocycles. The number of nitrogens with two attached hydrogens (primary N) is 1. The van der Waals surface area contributed by atoms with E-state index in [0.29, 0.717) is 13.1 Å². The molecule has 0 rings (SSSR count). The van der Waals surface area contributed by atoms with E-state index in [4.69, 9.17) is 10.9 Å². The van der Waals surface area contributed by atoms with E-state index in [1.165, 1.54) is 4.90 Å². The highest BCUT2D eigenvalue weighted by Crippen LogP contribution is 1.92. The Balaban J connectivity index is 4.20. The van der Waals surface area contributed by atoms with E-state index >= 15 is 0 Å². The van der Waals surface area contributed by atoms with Crippen LogP contribution in [0, 0.1) is 0 Å². The number of amides is 2. The molecule has 0 unspecified atom stereocenters. The first kappa shape index (κ1) is 12.5. The van der Waals surface area contributed by atoms with Crippen molar-refractivity contribution in [1.82, 2.24) is 10.2 Å². The Morgan fingerprint density at radius 1 is 1.57 bits per heavy atom. The molecule has 0 atom stereocenters. The van der Waals surface area contributed by atoms with E-state index in [2.05, 4.69) is 10.5 Å². The third-order valence-corrected chi connectivity index (χ3v) is 1.59. The molecule has 0 aliphatic rings. The van der Waals surface area contributed by atoms with Crippen molar-refractivity contribution in [3.8, 4) is 0 Å². The molecule has 0 aromatic rings. The molecule has 0 radical (unpaired) electrons. The number of hydrogen-bond acceptors (Lipinski definition) is 3. The molecule has 0 spiro atoms. The fourth-order valence-electron chi connectivity index (χ4n) is 1.01. The highest BCUT2D eigenvalue weighted by molar-refractivity contribution is 5.86. The maximum Gasteiger partial charge on any atom is 0.317 e. The van der Waals surface area contributed by atoms with Gasteiger partial charge in [-0.1, -0.05) is 12.1 Å². The number of rotatable bonds is 5. The zero-order chi connectivity index (χ0) is 11.0. The second-order valence-corrected chi connectivity index (χ2v) is 2.85. The second kappa shape index (κ2) is 6.99. The van der Waals surface area contributed by atoms with Crippen molar-refractivity contribution in [3.05, 3.63) is 0 Å². The van der Waals surface area contributed by atoms with Gasteiger partial charge in [-0.3, -0.25) is 0 Å². The summed E-state index contributed by atoms with van der Waals surface area (Å²) in [5.41, 5.74) is 5.32. The van der Waals surface area contributed by atoms with Crippen LogP contribution < -0.4 is 11.1 Å². The third kappa shape index (κ3) is 4.54. The van der Waals surface area contributed by atoms with Gasteiger partial charge in [0.1, 0.15) is 0 Å². The monoisotopic (exact) mass is 202 g/mol. The van der Waals surface area contributed by atoms with E-state index < -0.39 is 0 Å². The van der Waals surface area contributed by atoms with Gasteiger partial charge in [0.25, 0.3) is 0 Å². The molecule has 0 fully saturated rings. The summed E-state index contributed by atoms with van der Waals surface area (Å²) in [4.78, 5) is 12.9. The van der Waals surface area contributed by atoms with Crippen LogP contribution in [0.15, 0.2) is 5.16 Å². The van der Waals surface area contributed by atoms with Crippen LogP contribution in [0.5, 0.6) is 0 Å². The van der Waals surface area contributed by atoms with Gasteiger partial charge in [-0.25, -0.2) is 4.79 Å². The lowest BCUT2D eigenvalue weighted by Gasteiger charge is -2.21. The fraction of sp³-hybridized carbons (Fsp3) is 0.750. The Labute approximate surface area is 83.7 Å². The lowest BCUT2D eigenvalue weighted by Crippen LogP contribution is -2.44. The van der Waals surface area contributed by atoms with Gasteiger partial charge < -0.3 is 21.2 Å². The van der Waals surface area contributed by atoms with Crippen molar-refractivity contribution in [2.45, 2.75) is 20.3 Å². The van der Waals surface area contributed by atoms with Crippen LogP contribution >= 0.6 is 0 Å². The highest BCUT2D eigenvalue weighted by atomic mass is 16.4. The number of oxime groups is 1. The second-order valence-electron chi connectivity index (χ2n) is 2.85. The van der Waals surface area contributed by atoms with Crippen LogP contribution in [-0.4, -0.2) is 41.6 Å². The van der Waals surface area contributed by atoms with E-state index in [1.54, 1.807) is 0 Å². The number of carbonyl (C=O) groups excluding carboxylic acids is 1. The van der Waals surface area contributed by atoms with Crippen LogP contribution in [0.1, 0.15) is 20.3 Å². The summed E-state index contributed by atoms with van der Waals surface area (Å²) in [6.45, 7) is 5.09. The summed E-state index contributed by atoms with van der Waals surface area (Å²) in [5, 5.41) is 13.8. The molecule has 82 valence electrons. The molecule has 0 bridgehead atoms. The molecule has 0 saturated heterocycles. The molecule has 4 N–H and O–H groups in total. The molecule has 14 heavy (non-hydrogen) atoms. The van der Waals surface area contributed by atoms with Gasteiger partial charge >= 0.3 is 6.03 Å². The van der Waals surface area contributed by atoms with Crippen molar-refractivity contribution in [2.24, 2.45) is 10.9 Å². The average Bonchev–Trinajstić information content (AvgIpc) is 2.17. The van der Waals surface area contributed by atoms with E-state index in [9.17, 15) is 4.79 Å². The normalized spacial score (nSPS) is 11.1. The Morgan fingerprint density at radius 2 is 2.21 bits per heavy atom. The molecule has 0 aliphatic carbocycles. The van der Waals surface area contributed by atoms with Gasteiger partial charge in [-0.2, -0.15) is 0 Å². The highest BCUT2D eigenvalue weighted by Gasteiger charge is 2.12. The zero-order valence-corrected chi connectivity index (χ0v) is 8.66. The predicted octanol–water partition coefficient (Wildman–Crippen LogP) is 0.174. The molecule has 0 aromatic carbocycles. The fourth-order valence-corrected chi connectivity index (χ4v) is 1.01. The van der Waals surface area contributed by atoms with Gasteiger partial charge in [-0.15, -0.1) is 0 Å². The Kier molecular flexibility index (Phi) is 6.26. The molecule has 6 heteroatoms. The number of nitrogens with one attached hydrogen (secondary N) is 1. The first-order chi connectivity index (χ1) is 6.65. The lowest BCUT2D eigenvalue weighted by atomic mass is 10.4. The molecule has 6 nitrogen and oxygen atoms in total. The maximum absolute atomic E-state index is 11.4. The number of urea groups is 1. The van der Waals surface area contributed by atoms with Gasteiger partial charge in [0.2, 0.25) is 0 Å². The Bertz CT molecular complexity index is 206. The quantitative estimate of drug-likeness (QED) is 0.257. The van der Waals surface area contributed by atoms with Crippen LogP contribution in [0.25, 0.3) is 0 Å². The lowest BCUT2D eigenvalue weighted by molar-refractivity contribution is 0.204. The third-order valence-electron chi connectivity index (χ3n) is 1.59. The summed E-state index contributed by atoms with van der Waals surface area (Å²) < 4.78 is 0. The van der Waals surface area contributed by atoms with Crippen molar-refractivity contribution >= 4 is 11.9 Å². The van der Waals surface area contributed by atoms with Crippen LogP contribution in [0.2, 0.25) is 0 Å². The summed E-state index contributed by atoms with van der Waals surface area (Å²) in [5.74, 6) is 0.0321. The Hall–Kier alpha value is -1.46. The van der Waals surface area contributed by atoms with Crippen LogP contribution in [-0.2, 0) is 0 Å².